The third kappa shape index (κ3) is 7.17. The first-order valence-electron chi connectivity index (χ1n) is 19.3. The molecule has 0 atom stereocenters. The number of rotatable bonds is 9. The van der Waals surface area contributed by atoms with Crippen LogP contribution in [0, 0.1) is 8.99 Å². The predicted octanol–water partition coefficient (Wildman–Crippen LogP) is 10.5. The van der Waals surface area contributed by atoms with Gasteiger partial charge in [-0.05, 0) is 142 Å². The van der Waals surface area contributed by atoms with Gasteiger partial charge in [0.2, 0.25) is 11.6 Å². The van der Waals surface area contributed by atoms with Gasteiger partial charge in [0.05, 0.1) is 5.41 Å². The Morgan fingerprint density at radius 3 is 2.39 bits per heavy atom. The highest BCUT2D eigenvalue weighted by molar-refractivity contribution is 14.1. The van der Waals surface area contributed by atoms with E-state index in [9.17, 15) is 14.4 Å². The lowest BCUT2D eigenvalue weighted by Crippen LogP contribution is -2.36. The molecule has 0 radical (unpaired) electrons. The van der Waals surface area contributed by atoms with Gasteiger partial charge >= 0.3 is 0 Å². The molecule has 2 aliphatic carbocycles. The summed E-state index contributed by atoms with van der Waals surface area (Å²) in [5, 5.41) is 0. The van der Waals surface area contributed by atoms with E-state index < -0.39 is 5.41 Å². The maximum atomic E-state index is 13.5. The van der Waals surface area contributed by atoms with Gasteiger partial charge in [0.15, 0.2) is 17.3 Å². The molecule has 7 nitrogen and oxygen atoms in total. The Morgan fingerprint density at radius 1 is 0.946 bits per heavy atom. The molecule has 288 valence electrons. The third-order valence-corrected chi connectivity index (χ3v) is 12.7. The second kappa shape index (κ2) is 14.9. The lowest BCUT2D eigenvalue weighted by atomic mass is 9.71. The summed E-state index contributed by atoms with van der Waals surface area (Å²) in [7, 11) is 3.89. The average Bonchev–Trinajstić information content (AvgIpc) is 3.35. The van der Waals surface area contributed by atoms with E-state index in [2.05, 4.69) is 90.6 Å². The van der Waals surface area contributed by atoms with Crippen LogP contribution in [0.3, 0.4) is 0 Å². The smallest absolute Gasteiger partial charge is 0.227 e. The van der Waals surface area contributed by atoms with Crippen LogP contribution in [-0.2, 0) is 26.4 Å². The van der Waals surface area contributed by atoms with Gasteiger partial charge in [0.1, 0.15) is 30.9 Å². The third-order valence-electron chi connectivity index (χ3n) is 12.0. The Morgan fingerprint density at radius 2 is 1.66 bits per heavy atom. The summed E-state index contributed by atoms with van der Waals surface area (Å²) in [5.74, 6) is 2.02. The van der Waals surface area contributed by atoms with Crippen molar-refractivity contribution in [2.24, 2.45) is 5.41 Å². The summed E-state index contributed by atoms with van der Waals surface area (Å²) in [6.07, 6.45) is 9.90. The van der Waals surface area contributed by atoms with Crippen molar-refractivity contribution < 1.29 is 28.4 Å². The fourth-order valence-corrected chi connectivity index (χ4v) is 9.04. The number of halogens is 1. The Labute approximate surface area is 344 Å². The summed E-state index contributed by atoms with van der Waals surface area (Å²) in [5.41, 5.74) is 9.91. The van der Waals surface area contributed by atoms with Crippen LogP contribution in [0.25, 0.3) is 6.08 Å². The molecule has 0 spiro atoms. The van der Waals surface area contributed by atoms with Crippen molar-refractivity contribution in [3.8, 4) is 11.5 Å². The van der Waals surface area contributed by atoms with Crippen LogP contribution in [0.1, 0.15) is 90.8 Å². The molecule has 0 bridgehead atoms. The standard InChI is InChI=1S/C48H50IN2O5/c1-28-29(2)45(54)43(30(3)44(28)53)47(4,5)26-42(52)50(8)36-18-13-31(14-19-36)27-55-37-20-15-33-23-34-12-10-11-32(46(34)56-40(33)25-37)16-22-41-48(6,7)38-24-35(49)17-21-39(38)51(41)9/h13-25H,10-12,26-27H2,1-9H3/q+1/b22-16+. The molecule has 7 rings (SSSR count). The van der Waals surface area contributed by atoms with Gasteiger partial charge in [-0.2, -0.15) is 4.58 Å². The minimum atomic E-state index is -0.811. The number of allylic oxidation sites excluding steroid dienone is 8. The van der Waals surface area contributed by atoms with E-state index in [0.717, 1.165) is 47.6 Å². The number of carbonyl (C=O) groups excluding carboxylic acids is 3. The van der Waals surface area contributed by atoms with Crippen molar-refractivity contribution in [2.45, 2.75) is 86.2 Å². The number of ketones is 2. The molecule has 0 saturated carbocycles. The molecule has 3 aromatic carbocycles. The first kappa shape index (κ1) is 39.4. The van der Waals surface area contributed by atoms with Crippen LogP contribution in [0.15, 0.2) is 112 Å². The second-order valence-corrected chi connectivity index (χ2v) is 17.9. The topological polar surface area (TPSA) is 75.9 Å². The normalized spacial score (nSPS) is 17.9. The van der Waals surface area contributed by atoms with Crippen molar-refractivity contribution in [2.75, 3.05) is 19.0 Å². The maximum absolute atomic E-state index is 13.5. The van der Waals surface area contributed by atoms with Gasteiger partial charge in [0, 0.05) is 79.8 Å². The molecular weight excluding hydrogens is 811 g/mol. The van der Waals surface area contributed by atoms with Crippen LogP contribution in [0.4, 0.5) is 11.4 Å². The molecule has 0 N–H and O–H groups in total. The molecule has 0 aromatic heterocycles. The molecule has 1 amide bonds. The van der Waals surface area contributed by atoms with Gasteiger partial charge in [-0.1, -0.05) is 26.0 Å². The van der Waals surface area contributed by atoms with Gasteiger partial charge in [-0.15, -0.1) is 0 Å². The first-order chi connectivity index (χ1) is 26.5. The number of amides is 1. The zero-order valence-corrected chi connectivity index (χ0v) is 36.0. The summed E-state index contributed by atoms with van der Waals surface area (Å²) in [6.45, 7) is 13.7. The van der Waals surface area contributed by atoms with E-state index in [-0.39, 0.29) is 29.3 Å². The van der Waals surface area contributed by atoms with Crippen LogP contribution in [-0.4, -0.2) is 41.9 Å². The van der Waals surface area contributed by atoms with E-state index in [4.69, 9.17) is 9.47 Å². The molecule has 8 heteroatoms. The van der Waals surface area contributed by atoms with E-state index >= 15 is 0 Å². The van der Waals surface area contributed by atoms with Crippen LogP contribution in [0.2, 0.25) is 0 Å². The van der Waals surface area contributed by atoms with Crippen molar-refractivity contribution in [3.63, 3.8) is 0 Å². The SMILES string of the molecule is CC1=C(C)C(=O)C(C(C)(C)CC(=O)N(C)c2ccc(COc3ccc4c(c3)OC3=C(/C=C/C5=[N+](C)c6ccc(I)cc6C5(C)C)CCCC3=C4)cc2)=C(C)C1=O. The molecule has 0 unspecified atom stereocenters. The van der Waals surface area contributed by atoms with Gasteiger partial charge in [0.25, 0.3) is 0 Å². The fourth-order valence-electron chi connectivity index (χ4n) is 8.55. The number of hydrogen-bond acceptors (Lipinski definition) is 5. The Bertz CT molecular complexity index is 2400. The maximum Gasteiger partial charge on any atom is 0.227 e. The van der Waals surface area contributed by atoms with Gasteiger partial charge in [-0.3, -0.25) is 14.4 Å². The quantitative estimate of drug-likeness (QED) is 0.122. The lowest BCUT2D eigenvalue weighted by molar-refractivity contribution is -0.401. The number of nitrogens with zero attached hydrogens (tertiary/aromatic N) is 2. The molecule has 2 heterocycles. The number of benzene rings is 3. The fraction of sp³-hybridized carbons (Fsp3) is 0.333. The van der Waals surface area contributed by atoms with Gasteiger partial charge in [-0.25, -0.2) is 0 Å². The lowest BCUT2D eigenvalue weighted by Gasteiger charge is -2.32. The molecule has 0 fully saturated rings. The zero-order valence-electron chi connectivity index (χ0n) is 33.9. The molecule has 0 saturated heterocycles. The van der Waals surface area contributed by atoms with Crippen LogP contribution < -0.4 is 14.4 Å². The summed E-state index contributed by atoms with van der Waals surface area (Å²) < 4.78 is 16.5. The van der Waals surface area contributed by atoms with Crippen molar-refractivity contribution in [3.05, 3.63) is 132 Å². The number of carbonyl (C=O) groups is 3. The van der Waals surface area contributed by atoms with E-state index in [1.54, 1.807) is 32.7 Å². The highest BCUT2D eigenvalue weighted by Gasteiger charge is 2.43. The number of anilines is 1. The number of ether oxygens (including phenoxy) is 2. The van der Waals surface area contributed by atoms with Crippen molar-refractivity contribution in [1.82, 2.24) is 0 Å². The number of fused-ring (bicyclic) bond motifs is 3. The average molecular weight is 862 g/mol. The van der Waals surface area contributed by atoms with Crippen LogP contribution >= 0.6 is 22.6 Å². The van der Waals surface area contributed by atoms with E-state index in [1.807, 2.05) is 50.2 Å². The summed E-state index contributed by atoms with van der Waals surface area (Å²) in [6, 6.07) is 20.4. The zero-order chi connectivity index (χ0) is 40.3. The summed E-state index contributed by atoms with van der Waals surface area (Å²) >= 11 is 2.39. The number of Topliss-reactive ketones (excluding diaryl/α,β-unsaturated/α-hetero) is 2. The minimum absolute atomic E-state index is 0.0848. The molecule has 56 heavy (non-hydrogen) atoms. The molecular formula is C48H50IN2O5+. The second-order valence-electron chi connectivity index (χ2n) is 16.6. The number of hydrogen-bond donors (Lipinski definition) is 0. The molecule has 3 aromatic rings. The minimum Gasteiger partial charge on any atom is -0.489 e. The van der Waals surface area contributed by atoms with E-state index in [1.165, 1.54) is 31.7 Å². The highest BCUT2D eigenvalue weighted by atomic mass is 127. The predicted molar refractivity (Wildman–Crippen MR) is 232 cm³/mol. The Balaban J connectivity index is 1.01. The largest absolute Gasteiger partial charge is 0.489 e. The monoisotopic (exact) mass is 861 g/mol. The Hall–Kier alpha value is -4.83. The Kier molecular flexibility index (Phi) is 10.5. The van der Waals surface area contributed by atoms with Crippen LogP contribution in [0.5, 0.6) is 11.5 Å². The molecule has 4 aliphatic rings. The summed E-state index contributed by atoms with van der Waals surface area (Å²) in [4.78, 5) is 41.1. The first-order valence-corrected chi connectivity index (χ1v) is 20.4. The van der Waals surface area contributed by atoms with E-state index in [0.29, 0.717) is 34.6 Å². The van der Waals surface area contributed by atoms with Crippen molar-refractivity contribution in [1.29, 1.82) is 0 Å². The van der Waals surface area contributed by atoms with Gasteiger partial charge < -0.3 is 14.4 Å². The van der Waals surface area contributed by atoms with Crippen molar-refractivity contribution >= 4 is 63.2 Å². The highest BCUT2D eigenvalue weighted by Crippen LogP contribution is 2.43. The molecule has 2 aliphatic heterocycles.